The van der Waals surface area contributed by atoms with Gasteiger partial charge in [-0.1, -0.05) is 6.08 Å². The number of allylic oxidation sites excluding steroid dienone is 1. The highest BCUT2D eigenvalue weighted by Gasteiger charge is 2.56. The molecule has 1 aliphatic heterocycles. The molecule has 1 N–H and O–H groups in total. The second-order valence-corrected chi connectivity index (χ2v) is 5.40. The average molecular weight is 312 g/mol. The van der Waals surface area contributed by atoms with Crippen molar-refractivity contribution in [3.8, 4) is 0 Å². The van der Waals surface area contributed by atoms with Crippen molar-refractivity contribution in [2.24, 2.45) is 10.9 Å². The summed E-state index contributed by atoms with van der Waals surface area (Å²) in [6.45, 7) is 0. The fourth-order valence-corrected chi connectivity index (χ4v) is 2.35. The number of carbonyl (C=O) groups excluding carboxylic acids is 1. The number of hydrogen-bond acceptors (Lipinski definition) is 2. The summed E-state index contributed by atoms with van der Waals surface area (Å²) in [6, 6.07) is 2.88. The zero-order valence-corrected chi connectivity index (χ0v) is 11.3. The molecule has 1 aromatic rings. The zero-order valence-electron chi connectivity index (χ0n) is 11.3. The number of nitrogens with zero attached hydrogens (tertiary/aromatic N) is 1. The molecule has 1 aliphatic carbocycles. The topological polar surface area (TPSA) is 41.5 Å². The predicted molar refractivity (Wildman–Crippen MR) is 73.1 cm³/mol. The van der Waals surface area contributed by atoms with Crippen LogP contribution < -0.4 is 5.32 Å². The Hall–Kier alpha value is -2.18. The fourth-order valence-electron chi connectivity index (χ4n) is 2.35. The smallest absolute Gasteiger partial charge is 0.321 e. The standard InChI is InChI=1S/C15H12F4N2O/c16-10-3-4-12-11(7-10)14(15(17,18)19,6-5-9-1-2-9)20-8-13(22)21-12/h3-9H,1-2H2,(H,21,22)/b6-5-. The second kappa shape index (κ2) is 4.93. The minimum absolute atomic E-state index is 0.0818. The van der Waals surface area contributed by atoms with Crippen molar-refractivity contribution in [3.63, 3.8) is 0 Å². The van der Waals surface area contributed by atoms with Gasteiger partial charge in [0.05, 0.1) is 6.21 Å². The Kier molecular flexibility index (Phi) is 3.30. The van der Waals surface area contributed by atoms with Gasteiger partial charge in [0.15, 0.2) is 0 Å². The van der Waals surface area contributed by atoms with Gasteiger partial charge in [-0.15, -0.1) is 0 Å². The van der Waals surface area contributed by atoms with E-state index in [1.807, 2.05) is 0 Å². The van der Waals surface area contributed by atoms with E-state index in [4.69, 9.17) is 0 Å². The van der Waals surface area contributed by atoms with Gasteiger partial charge in [-0.2, -0.15) is 13.2 Å². The molecule has 7 heteroatoms. The molecule has 1 heterocycles. The van der Waals surface area contributed by atoms with E-state index < -0.39 is 29.0 Å². The number of alkyl halides is 3. The van der Waals surface area contributed by atoms with Crippen molar-refractivity contribution in [2.75, 3.05) is 5.32 Å². The number of aliphatic imine (C=N–C) groups is 1. The van der Waals surface area contributed by atoms with Gasteiger partial charge >= 0.3 is 6.18 Å². The highest BCUT2D eigenvalue weighted by molar-refractivity contribution is 6.32. The van der Waals surface area contributed by atoms with Crippen molar-refractivity contribution >= 4 is 17.8 Å². The molecule has 2 aliphatic rings. The number of nitrogens with one attached hydrogen (secondary N) is 1. The number of hydrogen-bond donors (Lipinski definition) is 1. The Labute approximate surface area is 123 Å². The van der Waals surface area contributed by atoms with Crippen LogP contribution in [0.1, 0.15) is 18.4 Å². The van der Waals surface area contributed by atoms with E-state index >= 15 is 0 Å². The second-order valence-electron chi connectivity index (χ2n) is 5.40. The molecule has 0 radical (unpaired) electrons. The molecular weight excluding hydrogens is 300 g/mol. The number of halogens is 4. The third-order valence-electron chi connectivity index (χ3n) is 3.70. The van der Waals surface area contributed by atoms with E-state index in [1.165, 1.54) is 6.08 Å². The highest BCUT2D eigenvalue weighted by atomic mass is 19.4. The maximum atomic E-state index is 13.8. The molecule has 22 heavy (non-hydrogen) atoms. The van der Waals surface area contributed by atoms with Crippen LogP contribution in [0, 0.1) is 11.7 Å². The number of fused-ring (bicyclic) bond motifs is 1. The van der Waals surface area contributed by atoms with Crippen LogP contribution in [0.4, 0.5) is 23.2 Å². The first-order valence-electron chi connectivity index (χ1n) is 6.74. The first kappa shape index (κ1) is 14.7. The third kappa shape index (κ3) is 2.51. The summed E-state index contributed by atoms with van der Waals surface area (Å²) >= 11 is 0. The Bertz CT molecular complexity index is 677. The summed E-state index contributed by atoms with van der Waals surface area (Å²) in [5.74, 6) is -1.52. The maximum Gasteiger partial charge on any atom is 0.421 e. The van der Waals surface area contributed by atoms with Gasteiger partial charge in [-0.3, -0.25) is 9.79 Å². The van der Waals surface area contributed by atoms with Gasteiger partial charge < -0.3 is 5.32 Å². The molecule has 1 aromatic carbocycles. The van der Waals surface area contributed by atoms with Crippen LogP contribution in [0.5, 0.6) is 0 Å². The van der Waals surface area contributed by atoms with Crippen molar-refractivity contribution in [1.29, 1.82) is 0 Å². The summed E-state index contributed by atoms with van der Waals surface area (Å²) in [5, 5.41) is 2.29. The lowest BCUT2D eigenvalue weighted by atomic mass is 9.87. The summed E-state index contributed by atoms with van der Waals surface area (Å²) in [6.07, 6.45) is -0.190. The van der Waals surface area contributed by atoms with E-state index in [2.05, 4.69) is 10.3 Å². The molecule has 0 saturated heterocycles. The first-order chi connectivity index (χ1) is 10.3. The lowest BCUT2D eigenvalue weighted by Gasteiger charge is -2.30. The van der Waals surface area contributed by atoms with Crippen LogP contribution in [-0.2, 0) is 10.3 Å². The molecule has 0 spiro atoms. The number of anilines is 1. The van der Waals surface area contributed by atoms with Crippen LogP contribution in [0.25, 0.3) is 0 Å². The largest absolute Gasteiger partial charge is 0.421 e. The van der Waals surface area contributed by atoms with Crippen molar-refractivity contribution in [2.45, 2.75) is 24.6 Å². The molecule has 1 unspecified atom stereocenters. The van der Waals surface area contributed by atoms with E-state index in [0.717, 1.165) is 37.1 Å². The van der Waals surface area contributed by atoms with E-state index in [0.29, 0.717) is 6.21 Å². The van der Waals surface area contributed by atoms with Gasteiger partial charge in [-0.25, -0.2) is 4.39 Å². The van der Waals surface area contributed by atoms with E-state index in [9.17, 15) is 22.4 Å². The van der Waals surface area contributed by atoms with Gasteiger partial charge in [0.1, 0.15) is 5.82 Å². The Morgan fingerprint density at radius 1 is 1.32 bits per heavy atom. The molecule has 1 fully saturated rings. The van der Waals surface area contributed by atoms with Gasteiger partial charge in [0.2, 0.25) is 5.54 Å². The molecule has 116 valence electrons. The molecule has 1 saturated carbocycles. The van der Waals surface area contributed by atoms with Crippen molar-refractivity contribution in [1.82, 2.24) is 0 Å². The highest BCUT2D eigenvalue weighted by Crippen LogP contribution is 2.48. The Morgan fingerprint density at radius 3 is 2.68 bits per heavy atom. The molecule has 0 bridgehead atoms. The summed E-state index contributed by atoms with van der Waals surface area (Å²) in [4.78, 5) is 15.0. The number of benzene rings is 1. The molecule has 1 amide bonds. The number of amides is 1. The lowest BCUT2D eigenvalue weighted by Crippen LogP contribution is -2.39. The van der Waals surface area contributed by atoms with Crippen LogP contribution >= 0.6 is 0 Å². The summed E-state index contributed by atoms with van der Waals surface area (Å²) in [5.41, 5.74) is -3.27. The van der Waals surface area contributed by atoms with Crippen molar-refractivity contribution in [3.05, 3.63) is 41.7 Å². The van der Waals surface area contributed by atoms with Gasteiger partial charge in [0.25, 0.3) is 5.91 Å². The van der Waals surface area contributed by atoms with Gasteiger partial charge in [0, 0.05) is 11.3 Å². The summed E-state index contributed by atoms with van der Waals surface area (Å²) in [7, 11) is 0. The van der Waals surface area contributed by atoms with Crippen LogP contribution in [0.15, 0.2) is 35.3 Å². The predicted octanol–water partition coefficient (Wildman–Crippen LogP) is 3.57. The maximum absolute atomic E-state index is 13.8. The SMILES string of the molecule is O=C1C=NC(/C=C\C2CC2)(C(F)(F)F)c2cc(F)ccc2N1. The monoisotopic (exact) mass is 312 g/mol. The van der Waals surface area contributed by atoms with Crippen LogP contribution in [0.2, 0.25) is 0 Å². The minimum atomic E-state index is -4.80. The first-order valence-corrected chi connectivity index (χ1v) is 6.74. The van der Waals surface area contributed by atoms with Crippen LogP contribution in [0.3, 0.4) is 0 Å². The Balaban J connectivity index is 2.24. The molecular formula is C15H12F4N2O. The molecule has 3 nitrogen and oxygen atoms in total. The van der Waals surface area contributed by atoms with Crippen molar-refractivity contribution < 1.29 is 22.4 Å². The van der Waals surface area contributed by atoms with E-state index in [1.54, 1.807) is 0 Å². The quantitative estimate of drug-likeness (QED) is 0.658. The lowest BCUT2D eigenvalue weighted by molar-refractivity contribution is -0.173. The summed E-state index contributed by atoms with van der Waals surface area (Å²) < 4.78 is 54.8. The molecule has 1 atom stereocenters. The zero-order chi connectivity index (χ0) is 16.0. The third-order valence-corrected chi connectivity index (χ3v) is 3.70. The fraction of sp³-hybridized carbons (Fsp3) is 0.333. The average Bonchev–Trinajstić information content (AvgIpc) is 3.24. The number of carbonyl (C=O) groups is 1. The van der Waals surface area contributed by atoms with E-state index in [-0.39, 0.29) is 11.6 Å². The normalized spacial score (nSPS) is 25.0. The van der Waals surface area contributed by atoms with Crippen LogP contribution in [-0.4, -0.2) is 18.3 Å². The molecule has 3 rings (SSSR count). The van der Waals surface area contributed by atoms with Gasteiger partial charge in [-0.05, 0) is 43.0 Å². The number of rotatable bonds is 2. The molecule has 0 aromatic heterocycles. The minimum Gasteiger partial charge on any atom is -0.321 e. The Morgan fingerprint density at radius 2 is 2.05 bits per heavy atom.